The lowest BCUT2D eigenvalue weighted by atomic mass is 9.76. The van der Waals surface area contributed by atoms with Crippen molar-refractivity contribution in [3.63, 3.8) is 0 Å². The molecule has 1 N–H and O–H groups in total. The Hall–Kier alpha value is -0.770. The van der Waals surface area contributed by atoms with Gasteiger partial charge in [0, 0.05) is 7.11 Å². The van der Waals surface area contributed by atoms with E-state index in [4.69, 9.17) is 21.1 Å². The molecule has 0 heterocycles. The maximum atomic E-state index is 6.12. The smallest absolute Gasteiger partial charge is 0.137 e. The summed E-state index contributed by atoms with van der Waals surface area (Å²) in [5, 5.41) is 4.07. The summed E-state index contributed by atoms with van der Waals surface area (Å²) >= 11 is 6.12. The number of benzene rings is 1. The zero-order valence-electron chi connectivity index (χ0n) is 12.5. The number of hydrogen-bond donors (Lipinski definition) is 1. The Morgan fingerprint density at radius 2 is 1.90 bits per heavy atom. The Labute approximate surface area is 126 Å². The molecule has 1 aromatic carbocycles. The molecular weight excluding hydrogens is 274 g/mol. The molecule has 0 bridgehead atoms. The van der Waals surface area contributed by atoms with Crippen LogP contribution in [0.1, 0.15) is 43.7 Å². The van der Waals surface area contributed by atoms with Crippen LogP contribution in [0.2, 0.25) is 5.02 Å². The molecule has 0 aromatic heterocycles. The third-order valence-electron chi connectivity index (χ3n) is 4.43. The molecule has 0 aliphatic heterocycles. The second-order valence-electron chi connectivity index (χ2n) is 5.45. The minimum absolute atomic E-state index is 0.133. The lowest BCUT2D eigenvalue weighted by molar-refractivity contribution is -0.0671. The van der Waals surface area contributed by atoms with E-state index in [0.717, 1.165) is 18.4 Å². The Kier molecular flexibility index (Phi) is 5.30. The molecular formula is C16H24ClNO2. The predicted molar refractivity (Wildman–Crippen MR) is 82.6 cm³/mol. The van der Waals surface area contributed by atoms with E-state index in [9.17, 15) is 0 Å². The van der Waals surface area contributed by atoms with Crippen molar-refractivity contribution in [2.45, 2.75) is 43.7 Å². The minimum Gasteiger partial charge on any atom is -0.495 e. The molecule has 1 aromatic rings. The monoisotopic (exact) mass is 297 g/mol. The van der Waals surface area contributed by atoms with Crippen molar-refractivity contribution in [1.29, 1.82) is 0 Å². The van der Waals surface area contributed by atoms with Crippen LogP contribution in [0.3, 0.4) is 0 Å². The van der Waals surface area contributed by atoms with Gasteiger partial charge in [0.1, 0.15) is 5.75 Å². The summed E-state index contributed by atoms with van der Waals surface area (Å²) in [4.78, 5) is 0. The molecule has 1 aliphatic carbocycles. The predicted octanol–water partition coefficient (Wildman–Crippen LogP) is 3.96. The van der Waals surface area contributed by atoms with Gasteiger partial charge in [-0.3, -0.25) is 0 Å². The largest absolute Gasteiger partial charge is 0.495 e. The SMILES string of the molecule is CNC(c1ccc(Cl)c(OC)c1)C1(OC)CCCCC1. The standard InChI is InChI=1S/C16H24ClNO2/c1-18-15(16(20-3)9-5-4-6-10-16)12-7-8-13(17)14(11-12)19-2/h7-8,11,15,18H,4-6,9-10H2,1-3H3. The second-order valence-corrected chi connectivity index (χ2v) is 5.85. The van der Waals surface area contributed by atoms with Gasteiger partial charge < -0.3 is 14.8 Å². The number of nitrogens with one attached hydrogen (secondary N) is 1. The highest BCUT2D eigenvalue weighted by molar-refractivity contribution is 6.32. The summed E-state index contributed by atoms with van der Waals surface area (Å²) in [5.41, 5.74) is 1.03. The minimum atomic E-state index is -0.133. The molecule has 0 amide bonds. The third kappa shape index (κ3) is 2.95. The van der Waals surface area contributed by atoms with Gasteiger partial charge in [0.05, 0.1) is 23.8 Å². The van der Waals surface area contributed by atoms with Gasteiger partial charge in [-0.1, -0.05) is 36.9 Å². The van der Waals surface area contributed by atoms with Gasteiger partial charge in [-0.2, -0.15) is 0 Å². The summed E-state index contributed by atoms with van der Waals surface area (Å²) in [7, 11) is 5.45. The van der Waals surface area contributed by atoms with Gasteiger partial charge in [-0.25, -0.2) is 0 Å². The molecule has 4 heteroatoms. The molecule has 1 atom stereocenters. The molecule has 1 fully saturated rings. The van der Waals surface area contributed by atoms with Gasteiger partial charge in [-0.15, -0.1) is 0 Å². The number of halogens is 1. The third-order valence-corrected chi connectivity index (χ3v) is 4.74. The number of rotatable bonds is 5. The van der Waals surface area contributed by atoms with E-state index in [-0.39, 0.29) is 11.6 Å². The molecule has 3 nitrogen and oxygen atoms in total. The van der Waals surface area contributed by atoms with E-state index < -0.39 is 0 Å². The highest BCUT2D eigenvalue weighted by atomic mass is 35.5. The van der Waals surface area contributed by atoms with Gasteiger partial charge >= 0.3 is 0 Å². The molecule has 2 rings (SSSR count). The maximum Gasteiger partial charge on any atom is 0.137 e. The van der Waals surface area contributed by atoms with Crippen LogP contribution in [0.15, 0.2) is 18.2 Å². The topological polar surface area (TPSA) is 30.5 Å². The van der Waals surface area contributed by atoms with E-state index in [2.05, 4.69) is 11.4 Å². The van der Waals surface area contributed by atoms with Crippen molar-refractivity contribution >= 4 is 11.6 Å². The summed E-state index contributed by atoms with van der Waals surface area (Å²) in [6, 6.07) is 6.12. The van der Waals surface area contributed by atoms with Crippen LogP contribution >= 0.6 is 11.6 Å². The van der Waals surface area contributed by atoms with Crippen molar-refractivity contribution in [2.24, 2.45) is 0 Å². The fraction of sp³-hybridized carbons (Fsp3) is 0.625. The molecule has 1 unspecified atom stereocenters. The summed E-state index contributed by atoms with van der Waals surface area (Å²) in [6.07, 6.45) is 5.90. The number of ether oxygens (including phenoxy) is 2. The number of hydrogen-bond acceptors (Lipinski definition) is 3. The van der Waals surface area contributed by atoms with Crippen molar-refractivity contribution in [3.05, 3.63) is 28.8 Å². The van der Waals surface area contributed by atoms with Crippen molar-refractivity contribution < 1.29 is 9.47 Å². The first kappa shape index (κ1) is 15.6. The van der Waals surface area contributed by atoms with Gasteiger partial charge in [0.25, 0.3) is 0 Å². The zero-order chi connectivity index (χ0) is 14.6. The zero-order valence-corrected chi connectivity index (χ0v) is 13.3. The first-order valence-electron chi connectivity index (χ1n) is 7.22. The Bertz CT molecular complexity index is 444. The van der Waals surface area contributed by atoms with E-state index in [1.54, 1.807) is 7.11 Å². The molecule has 0 saturated heterocycles. The molecule has 1 aliphatic rings. The summed E-state index contributed by atoms with van der Waals surface area (Å²) in [6.45, 7) is 0. The molecule has 0 radical (unpaired) electrons. The van der Waals surface area contributed by atoms with Crippen LogP contribution in [0.25, 0.3) is 0 Å². The quantitative estimate of drug-likeness (QED) is 0.892. The molecule has 112 valence electrons. The number of methoxy groups -OCH3 is 2. The van der Waals surface area contributed by atoms with Crippen LogP contribution in [0.4, 0.5) is 0 Å². The van der Waals surface area contributed by atoms with Crippen LogP contribution < -0.4 is 10.1 Å². The van der Waals surface area contributed by atoms with Gasteiger partial charge in [0.2, 0.25) is 0 Å². The van der Waals surface area contributed by atoms with Crippen molar-refractivity contribution in [1.82, 2.24) is 5.32 Å². The van der Waals surface area contributed by atoms with Gasteiger partial charge in [-0.05, 0) is 37.6 Å². The first-order valence-corrected chi connectivity index (χ1v) is 7.60. The van der Waals surface area contributed by atoms with Crippen LogP contribution in [-0.4, -0.2) is 26.9 Å². The summed E-state index contributed by atoms with van der Waals surface area (Å²) in [5.74, 6) is 0.714. The first-order chi connectivity index (χ1) is 9.66. The van der Waals surface area contributed by atoms with E-state index in [1.807, 2.05) is 26.3 Å². The highest BCUT2D eigenvalue weighted by Gasteiger charge is 2.40. The van der Waals surface area contributed by atoms with Crippen molar-refractivity contribution in [2.75, 3.05) is 21.3 Å². The van der Waals surface area contributed by atoms with E-state index in [0.29, 0.717) is 10.8 Å². The molecule has 1 saturated carbocycles. The highest BCUT2D eigenvalue weighted by Crippen LogP contribution is 2.42. The Morgan fingerprint density at radius 1 is 1.20 bits per heavy atom. The van der Waals surface area contributed by atoms with E-state index >= 15 is 0 Å². The fourth-order valence-electron chi connectivity index (χ4n) is 3.35. The van der Waals surface area contributed by atoms with Crippen molar-refractivity contribution in [3.8, 4) is 5.75 Å². The molecule has 0 spiro atoms. The number of likely N-dealkylation sites (N-methyl/N-ethyl adjacent to an activating group) is 1. The second kappa shape index (κ2) is 6.79. The average molecular weight is 298 g/mol. The Balaban J connectivity index is 2.35. The summed E-state index contributed by atoms with van der Waals surface area (Å²) < 4.78 is 11.3. The van der Waals surface area contributed by atoms with Crippen LogP contribution in [0, 0.1) is 0 Å². The van der Waals surface area contributed by atoms with Gasteiger partial charge in [0.15, 0.2) is 0 Å². The lowest BCUT2D eigenvalue weighted by Crippen LogP contribution is -2.46. The fourth-order valence-corrected chi connectivity index (χ4v) is 3.54. The Morgan fingerprint density at radius 3 is 2.45 bits per heavy atom. The average Bonchev–Trinajstić information content (AvgIpc) is 2.50. The normalized spacial score (nSPS) is 19.6. The lowest BCUT2D eigenvalue weighted by Gasteiger charge is -2.42. The maximum absolute atomic E-state index is 6.12. The molecule has 20 heavy (non-hydrogen) atoms. The van der Waals surface area contributed by atoms with Crippen LogP contribution in [-0.2, 0) is 4.74 Å². The van der Waals surface area contributed by atoms with Crippen LogP contribution in [0.5, 0.6) is 5.75 Å². The van der Waals surface area contributed by atoms with E-state index in [1.165, 1.54) is 19.3 Å².